The lowest BCUT2D eigenvalue weighted by atomic mass is 9.72. The zero-order chi connectivity index (χ0) is 17.3. The molecule has 1 amide bonds. The van der Waals surface area contributed by atoms with Crippen LogP contribution in [0.5, 0.6) is 0 Å². The molecule has 1 aromatic carbocycles. The van der Waals surface area contributed by atoms with Gasteiger partial charge in [0.15, 0.2) is 0 Å². The van der Waals surface area contributed by atoms with Gasteiger partial charge in [-0.15, -0.1) is 0 Å². The lowest BCUT2D eigenvalue weighted by molar-refractivity contribution is -0.121. The van der Waals surface area contributed by atoms with E-state index in [1.807, 2.05) is 0 Å². The van der Waals surface area contributed by atoms with Crippen LogP contribution in [-0.2, 0) is 14.9 Å². The maximum Gasteiger partial charge on any atom is 0.220 e. The molecule has 0 aromatic heterocycles. The number of hydrogen-bond acceptors (Lipinski definition) is 3. The standard InChI is InChI=1S/C20H32N2O2/c1-17-8-5-6-9-18(17)20(11-14-24-15-12-20)16-22-19(23)10-4-2-3-7-13-21/h5-6,8-9H,2-4,7,10-16,21H2,1H3,(H,22,23). The van der Waals surface area contributed by atoms with Gasteiger partial charge in [-0.05, 0) is 50.3 Å². The second-order valence-corrected chi connectivity index (χ2v) is 6.94. The van der Waals surface area contributed by atoms with Crippen molar-refractivity contribution in [3.05, 3.63) is 35.4 Å². The smallest absolute Gasteiger partial charge is 0.220 e. The van der Waals surface area contributed by atoms with Gasteiger partial charge in [0.1, 0.15) is 0 Å². The van der Waals surface area contributed by atoms with Crippen LogP contribution < -0.4 is 11.1 Å². The number of ether oxygens (including phenoxy) is 1. The van der Waals surface area contributed by atoms with Gasteiger partial charge in [-0.2, -0.15) is 0 Å². The van der Waals surface area contributed by atoms with Crippen LogP contribution in [0.3, 0.4) is 0 Å². The number of nitrogens with one attached hydrogen (secondary N) is 1. The van der Waals surface area contributed by atoms with Crippen LogP contribution in [0.15, 0.2) is 24.3 Å². The molecule has 3 N–H and O–H groups in total. The van der Waals surface area contributed by atoms with Gasteiger partial charge < -0.3 is 15.8 Å². The maximum absolute atomic E-state index is 12.2. The van der Waals surface area contributed by atoms with Crippen molar-refractivity contribution in [1.29, 1.82) is 0 Å². The zero-order valence-corrected chi connectivity index (χ0v) is 15.0. The number of hydrogen-bond donors (Lipinski definition) is 2. The van der Waals surface area contributed by atoms with E-state index < -0.39 is 0 Å². The SMILES string of the molecule is Cc1ccccc1C1(CNC(=O)CCCCCCN)CCOCC1. The molecule has 0 bridgehead atoms. The fourth-order valence-corrected chi connectivity index (χ4v) is 3.61. The minimum absolute atomic E-state index is 0.0127. The molecule has 1 aromatic rings. The van der Waals surface area contributed by atoms with Crippen LogP contribution in [0.25, 0.3) is 0 Å². The maximum atomic E-state index is 12.2. The molecule has 0 spiro atoms. The van der Waals surface area contributed by atoms with Gasteiger partial charge in [0.05, 0.1) is 0 Å². The molecule has 4 nitrogen and oxygen atoms in total. The highest BCUT2D eigenvalue weighted by molar-refractivity contribution is 5.76. The Balaban J connectivity index is 1.90. The van der Waals surface area contributed by atoms with Crippen LogP contribution in [0, 0.1) is 6.92 Å². The van der Waals surface area contributed by atoms with Crippen LogP contribution >= 0.6 is 0 Å². The van der Waals surface area contributed by atoms with Crippen molar-refractivity contribution in [2.45, 2.75) is 57.3 Å². The second kappa shape index (κ2) is 9.80. The summed E-state index contributed by atoms with van der Waals surface area (Å²) >= 11 is 0. The summed E-state index contributed by atoms with van der Waals surface area (Å²) in [6.07, 6.45) is 6.76. The summed E-state index contributed by atoms with van der Waals surface area (Å²) in [5.74, 6) is 0.169. The highest BCUT2D eigenvalue weighted by Gasteiger charge is 2.35. The van der Waals surface area contributed by atoms with Crippen molar-refractivity contribution in [2.24, 2.45) is 5.73 Å². The third kappa shape index (κ3) is 5.32. The molecule has 2 rings (SSSR count). The van der Waals surface area contributed by atoms with Crippen LogP contribution in [0.1, 0.15) is 56.1 Å². The first-order valence-corrected chi connectivity index (χ1v) is 9.28. The summed E-state index contributed by atoms with van der Waals surface area (Å²) < 4.78 is 5.57. The number of aryl methyl sites for hydroxylation is 1. The number of amides is 1. The summed E-state index contributed by atoms with van der Waals surface area (Å²) in [7, 11) is 0. The first kappa shape index (κ1) is 18.9. The van der Waals surface area contributed by atoms with Gasteiger partial charge in [0.2, 0.25) is 5.91 Å². The molecule has 1 saturated heterocycles. The molecular formula is C20H32N2O2. The molecular weight excluding hydrogens is 300 g/mol. The van der Waals surface area contributed by atoms with E-state index in [0.29, 0.717) is 13.0 Å². The van der Waals surface area contributed by atoms with Gasteiger partial charge in [-0.1, -0.05) is 37.1 Å². The summed E-state index contributed by atoms with van der Waals surface area (Å²) in [5, 5.41) is 3.19. The number of carbonyl (C=O) groups excluding carboxylic acids is 1. The average Bonchev–Trinajstić information content (AvgIpc) is 2.61. The Labute approximate surface area is 146 Å². The Kier molecular flexibility index (Phi) is 7.73. The lowest BCUT2D eigenvalue weighted by Gasteiger charge is -2.39. The van der Waals surface area contributed by atoms with Crippen LogP contribution in [-0.4, -0.2) is 32.2 Å². The zero-order valence-electron chi connectivity index (χ0n) is 15.0. The highest BCUT2D eigenvalue weighted by Crippen LogP contribution is 2.36. The number of unbranched alkanes of at least 4 members (excludes halogenated alkanes) is 3. The van der Waals surface area contributed by atoms with E-state index in [1.165, 1.54) is 11.1 Å². The quantitative estimate of drug-likeness (QED) is 0.683. The molecule has 1 aliphatic rings. The van der Waals surface area contributed by atoms with E-state index in [0.717, 1.165) is 58.3 Å². The number of nitrogens with two attached hydrogens (primary N) is 1. The van der Waals surface area contributed by atoms with Crippen molar-refractivity contribution in [3.8, 4) is 0 Å². The van der Waals surface area contributed by atoms with E-state index in [4.69, 9.17) is 10.5 Å². The average molecular weight is 332 g/mol. The molecule has 0 aliphatic carbocycles. The Morgan fingerprint density at radius 3 is 2.58 bits per heavy atom. The van der Waals surface area contributed by atoms with Crippen molar-refractivity contribution in [2.75, 3.05) is 26.3 Å². The largest absolute Gasteiger partial charge is 0.381 e. The molecule has 0 radical (unpaired) electrons. The fraction of sp³-hybridized carbons (Fsp3) is 0.650. The summed E-state index contributed by atoms with van der Waals surface area (Å²) in [6.45, 7) is 5.15. The third-order valence-electron chi connectivity index (χ3n) is 5.15. The molecule has 0 atom stereocenters. The minimum atomic E-state index is 0.0127. The molecule has 1 fully saturated rings. The first-order valence-electron chi connectivity index (χ1n) is 9.28. The van der Waals surface area contributed by atoms with Crippen molar-refractivity contribution >= 4 is 5.91 Å². The van der Waals surface area contributed by atoms with Crippen LogP contribution in [0.2, 0.25) is 0 Å². The number of rotatable bonds is 9. The molecule has 4 heteroatoms. The van der Waals surface area contributed by atoms with Gasteiger partial charge >= 0.3 is 0 Å². The Hall–Kier alpha value is -1.39. The summed E-state index contributed by atoms with van der Waals surface area (Å²) in [5.41, 5.74) is 8.17. The second-order valence-electron chi connectivity index (χ2n) is 6.94. The van der Waals surface area contributed by atoms with Crippen LogP contribution in [0.4, 0.5) is 0 Å². The van der Waals surface area contributed by atoms with Gasteiger partial charge in [0, 0.05) is 31.6 Å². The van der Waals surface area contributed by atoms with Gasteiger partial charge in [-0.25, -0.2) is 0 Å². The molecule has 1 heterocycles. The van der Waals surface area contributed by atoms with Crippen molar-refractivity contribution in [3.63, 3.8) is 0 Å². The lowest BCUT2D eigenvalue weighted by Crippen LogP contribution is -2.45. The first-order chi connectivity index (χ1) is 11.7. The Morgan fingerprint density at radius 1 is 1.17 bits per heavy atom. The minimum Gasteiger partial charge on any atom is -0.381 e. The van der Waals surface area contributed by atoms with E-state index in [-0.39, 0.29) is 11.3 Å². The van der Waals surface area contributed by atoms with E-state index >= 15 is 0 Å². The van der Waals surface area contributed by atoms with E-state index in [9.17, 15) is 4.79 Å². The molecule has 24 heavy (non-hydrogen) atoms. The van der Waals surface area contributed by atoms with Gasteiger partial charge in [0.25, 0.3) is 0 Å². The topological polar surface area (TPSA) is 64.4 Å². The molecule has 134 valence electrons. The normalized spacial score (nSPS) is 16.8. The summed E-state index contributed by atoms with van der Waals surface area (Å²) in [6, 6.07) is 8.54. The predicted molar refractivity (Wildman–Crippen MR) is 98.1 cm³/mol. The summed E-state index contributed by atoms with van der Waals surface area (Å²) in [4.78, 5) is 12.2. The highest BCUT2D eigenvalue weighted by atomic mass is 16.5. The Morgan fingerprint density at radius 2 is 1.88 bits per heavy atom. The molecule has 0 saturated carbocycles. The van der Waals surface area contributed by atoms with E-state index in [1.54, 1.807) is 0 Å². The van der Waals surface area contributed by atoms with Crippen molar-refractivity contribution < 1.29 is 9.53 Å². The number of carbonyl (C=O) groups is 1. The van der Waals surface area contributed by atoms with E-state index in [2.05, 4.69) is 36.5 Å². The molecule has 1 aliphatic heterocycles. The third-order valence-corrected chi connectivity index (χ3v) is 5.15. The monoisotopic (exact) mass is 332 g/mol. The molecule has 0 unspecified atom stereocenters. The fourth-order valence-electron chi connectivity index (χ4n) is 3.61. The Bertz CT molecular complexity index is 510. The van der Waals surface area contributed by atoms with Crippen molar-refractivity contribution in [1.82, 2.24) is 5.32 Å². The number of benzene rings is 1. The van der Waals surface area contributed by atoms with Gasteiger partial charge in [-0.3, -0.25) is 4.79 Å². The predicted octanol–water partition coefficient (Wildman–Crippen LogP) is 3.07.